The van der Waals surface area contributed by atoms with Crippen LogP contribution in [0.3, 0.4) is 0 Å². The predicted octanol–water partition coefficient (Wildman–Crippen LogP) is 1.95. The number of ether oxygens (including phenoxy) is 2. The molecule has 1 atom stereocenters. The van der Waals surface area contributed by atoms with E-state index in [2.05, 4.69) is 5.32 Å². The zero-order chi connectivity index (χ0) is 22.4. The summed E-state index contributed by atoms with van der Waals surface area (Å²) < 4.78 is 37.8. The standard InChI is InChI=1S/C22H28N2O6S/c1-29-20-9-8-18(14-21(20)30-2)31(27,28)24-12-10-17(11-13-24)22(26)23-15-19(25)16-6-4-3-5-7-16/h3-9,14,17,19,25H,10-13,15H2,1-2H3,(H,23,26). The van der Waals surface area contributed by atoms with Crippen molar-refractivity contribution in [3.63, 3.8) is 0 Å². The highest BCUT2D eigenvalue weighted by Gasteiger charge is 2.32. The molecule has 1 aliphatic rings. The van der Waals surface area contributed by atoms with E-state index in [4.69, 9.17) is 9.47 Å². The smallest absolute Gasteiger partial charge is 0.243 e. The molecule has 0 bridgehead atoms. The number of nitrogens with one attached hydrogen (secondary N) is 1. The lowest BCUT2D eigenvalue weighted by molar-refractivity contribution is -0.126. The third kappa shape index (κ3) is 5.36. The Bertz CT molecular complexity index is 988. The highest BCUT2D eigenvalue weighted by atomic mass is 32.2. The second kappa shape index (κ2) is 10.1. The van der Waals surface area contributed by atoms with E-state index in [9.17, 15) is 18.3 Å². The fourth-order valence-corrected chi connectivity index (χ4v) is 5.10. The van der Waals surface area contributed by atoms with Gasteiger partial charge in [-0.05, 0) is 30.5 Å². The van der Waals surface area contributed by atoms with Gasteiger partial charge in [-0.15, -0.1) is 0 Å². The number of carbonyl (C=O) groups excluding carboxylic acids is 1. The van der Waals surface area contributed by atoms with Gasteiger partial charge in [0.25, 0.3) is 0 Å². The van der Waals surface area contributed by atoms with Crippen molar-refractivity contribution >= 4 is 15.9 Å². The lowest BCUT2D eigenvalue weighted by atomic mass is 9.97. The summed E-state index contributed by atoms with van der Waals surface area (Å²) in [7, 11) is -0.766. The number of rotatable bonds is 8. The van der Waals surface area contributed by atoms with E-state index < -0.39 is 16.1 Å². The second-order valence-electron chi connectivity index (χ2n) is 7.37. The first-order valence-electron chi connectivity index (χ1n) is 10.1. The van der Waals surface area contributed by atoms with Crippen LogP contribution in [0.4, 0.5) is 0 Å². The molecule has 0 aromatic heterocycles. The predicted molar refractivity (Wildman–Crippen MR) is 115 cm³/mol. The van der Waals surface area contributed by atoms with E-state index in [0.717, 1.165) is 5.56 Å². The zero-order valence-corrected chi connectivity index (χ0v) is 18.5. The SMILES string of the molecule is COc1ccc(S(=O)(=O)N2CCC(C(=O)NCC(O)c3ccccc3)CC2)cc1OC. The number of methoxy groups -OCH3 is 2. The highest BCUT2D eigenvalue weighted by Crippen LogP contribution is 2.32. The Morgan fingerprint density at radius 1 is 1.10 bits per heavy atom. The molecule has 1 fully saturated rings. The minimum absolute atomic E-state index is 0.118. The topological polar surface area (TPSA) is 105 Å². The summed E-state index contributed by atoms with van der Waals surface area (Å²) in [5.74, 6) is 0.335. The molecule has 0 aliphatic carbocycles. The first-order chi connectivity index (χ1) is 14.9. The quantitative estimate of drug-likeness (QED) is 0.640. The number of aliphatic hydroxyl groups excluding tert-OH is 1. The highest BCUT2D eigenvalue weighted by molar-refractivity contribution is 7.89. The maximum Gasteiger partial charge on any atom is 0.243 e. The van der Waals surface area contributed by atoms with E-state index in [-0.39, 0.29) is 36.4 Å². The number of benzene rings is 2. The molecule has 1 unspecified atom stereocenters. The number of carbonyl (C=O) groups is 1. The van der Waals surface area contributed by atoms with Crippen LogP contribution in [0.25, 0.3) is 0 Å². The lowest BCUT2D eigenvalue weighted by Crippen LogP contribution is -2.43. The molecule has 0 spiro atoms. The summed E-state index contributed by atoms with van der Waals surface area (Å²) in [6.45, 7) is 0.610. The van der Waals surface area contributed by atoms with Crippen LogP contribution in [0.1, 0.15) is 24.5 Å². The summed E-state index contributed by atoms with van der Waals surface area (Å²) in [5, 5.41) is 13.0. The number of hydrogen-bond donors (Lipinski definition) is 2. The molecule has 0 radical (unpaired) electrons. The molecule has 1 amide bonds. The molecule has 2 aromatic carbocycles. The fourth-order valence-electron chi connectivity index (χ4n) is 3.62. The Kier molecular flexibility index (Phi) is 7.53. The fraction of sp³-hybridized carbons (Fsp3) is 0.409. The number of sulfonamides is 1. The van der Waals surface area contributed by atoms with Gasteiger partial charge in [-0.25, -0.2) is 8.42 Å². The second-order valence-corrected chi connectivity index (χ2v) is 9.30. The average molecular weight is 449 g/mol. The first kappa shape index (κ1) is 23.1. The molecule has 1 heterocycles. The van der Waals surface area contributed by atoms with Gasteiger partial charge in [0.2, 0.25) is 15.9 Å². The molecule has 2 N–H and O–H groups in total. The van der Waals surface area contributed by atoms with Gasteiger partial charge in [0.1, 0.15) is 0 Å². The van der Waals surface area contributed by atoms with Crippen LogP contribution >= 0.6 is 0 Å². The number of nitrogens with zero attached hydrogens (tertiary/aromatic N) is 1. The molecule has 2 aromatic rings. The number of aliphatic hydroxyl groups is 1. The van der Waals surface area contributed by atoms with Crippen molar-refractivity contribution in [3.8, 4) is 11.5 Å². The normalized spacial score (nSPS) is 16.5. The minimum atomic E-state index is -3.70. The van der Waals surface area contributed by atoms with Gasteiger partial charge < -0.3 is 19.9 Å². The van der Waals surface area contributed by atoms with Crippen molar-refractivity contribution in [1.29, 1.82) is 0 Å². The van der Waals surface area contributed by atoms with Crippen molar-refractivity contribution in [1.82, 2.24) is 9.62 Å². The summed E-state index contributed by atoms with van der Waals surface area (Å²) in [4.78, 5) is 12.6. The summed E-state index contributed by atoms with van der Waals surface area (Å²) in [6, 6.07) is 13.6. The Morgan fingerprint density at radius 3 is 2.35 bits per heavy atom. The number of hydrogen-bond acceptors (Lipinski definition) is 6. The van der Waals surface area contributed by atoms with Crippen molar-refractivity contribution in [3.05, 3.63) is 54.1 Å². The Morgan fingerprint density at radius 2 is 1.74 bits per heavy atom. The van der Waals surface area contributed by atoms with Crippen LogP contribution in [0, 0.1) is 5.92 Å². The van der Waals surface area contributed by atoms with Gasteiger partial charge in [-0.3, -0.25) is 4.79 Å². The molecule has 168 valence electrons. The van der Waals surface area contributed by atoms with Gasteiger partial charge in [0, 0.05) is 31.6 Å². The first-order valence-corrected chi connectivity index (χ1v) is 11.5. The Labute approximate surface area is 182 Å². The van der Waals surface area contributed by atoms with E-state index in [0.29, 0.717) is 24.3 Å². The van der Waals surface area contributed by atoms with Gasteiger partial charge >= 0.3 is 0 Å². The minimum Gasteiger partial charge on any atom is -0.493 e. The van der Waals surface area contributed by atoms with Gasteiger partial charge in [-0.1, -0.05) is 30.3 Å². The van der Waals surface area contributed by atoms with Gasteiger partial charge in [-0.2, -0.15) is 4.31 Å². The molecule has 8 nitrogen and oxygen atoms in total. The van der Waals surface area contributed by atoms with Gasteiger partial charge in [0.05, 0.1) is 25.2 Å². The Hall–Kier alpha value is -2.62. The van der Waals surface area contributed by atoms with Crippen LogP contribution in [0.15, 0.2) is 53.4 Å². The van der Waals surface area contributed by atoms with E-state index >= 15 is 0 Å². The lowest BCUT2D eigenvalue weighted by Gasteiger charge is -2.30. The Balaban J connectivity index is 1.56. The summed E-state index contributed by atoms with van der Waals surface area (Å²) >= 11 is 0. The maximum absolute atomic E-state index is 13.0. The van der Waals surface area contributed by atoms with Crippen molar-refractivity contribution < 1.29 is 27.8 Å². The van der Waals surface area contributed by atoms with E-state index in [1.807, 2.05) is 18.2 Å². The monoisotopic (exact) mass is 448 g/mol. The molecule has 1 saturated heterocycles. The molecular weight excluding hydrogens is 420 g/mol. The van der Waals surface area contributed by atoms with Crippen molar-refractivity contribution in [2.75, 3.05) is 33.9 Å². The average Bonchev–Trinajstić information content (AvgIpc) is 2.82. The van der Waals surface area contributed by atoms with Crippen molar-refractivity contribution in [2.45, 2.75) is 23.8 Å². The van der Waals surface area contributed by atoms with Crippen LogP contribution in [-0.2, 0) is 14.8 Å². The maximum atomic E-state index is 13.0. The van der Waals surface area contributed by atoms with Crippen LogP contribution < -0.4 is 14.8 Å². The van der Waals surface area contributed by atoms with E-state index in [1.165, 1.54) is 30.7 Å². The molecule has 3 rings (SSSR count). The molecule has 31 heavy (non-hydrogen) atoms. The van der Waals surface area contributed by atoms with E-state index in [1.54, 1.807) is 18.2 Å². The summed E-state index contributed by atoms with van der Waals surface area (Å²) in [5.41, 5.74) is 0.735. The molecule has 1 aliphatic heterocycles. The third-order valence-corrected chi connectivity index (χ3v) is 7.37. The third-order valence-electron chi connectivity index (χ3n) is 5.47. The van der Waals surface area contributed by atoms with Crippen molar-refractivity contribution in [2.24, 2.45) is 5.92 Å². The summed E-state index contributed by atoms with van der Waals surface area (Å²) in [6.07, 6.45) is 0.0511. The largest absolute Gasteiger partial charge is 0.493 e. The number of piperidine rings is 1. The molecular formula is C22H28N2O6S. The number of amides is 1. The molecule has 9 heteroatoms. The zero-order valence-electron chi connectivity index (χ0n) is 17.7. The molecule has 0 saturated carbocycles. The van der Waals surface area contributed by atoms with Gasteiger partial charge in [0.15, 0.2) is 11.5 Å². The van der Waals surface area contributed by atoms with Crippen LogP contribution in [-0.4, -0.2) is 57.6 Å². The van der Waals surface area contributed by atoms with Crippen LogP contribution in [0.5, 0.6) is 11.5 Å². The van der Waals surface area contributed by atoms with Crippen LogP contribution in [0.2, 0.25) is 0 Å².